The van der Waals surface area contributed by atoms with Crippen LogP contribution in [0, 0.1) is 11.8 Å². The average molecular weight is 200 g/mol. The molecule has 0 spiro atoms. The van der Waals surface area contributed by atoms with Crippen molar-refractivity contribution in [3.63, 3.8) is 0 Å². The zero-order chi connectivity index (χ0) is 10.4. The standard InChI is InChI=1S/C12H24O2/c1-10-4-3-5-12(8-10)9-11(2)14-7-6-13/h10-13H,3-9H2,1-2H3. The second-order valence-electron chi connectivity index (χ2n) is 4.78. The minimum atomic E-state index is 0.144. The van der Waals surface area contributed by atoms with E-state index < -0.39 is 0 Å². The van der Waals surface area contributed by atoms with Crippen LogP contribution in [0.15, 0.2) is 0 Å². The van der Waals surface area contributed by atoms with E-state index in [0.717, 1.165) is 11.8 Å². The van der Waals surface area contributed by atoms with E-state index in [2.05, 4.69) is 13.8 Å². The number of hydrogen-bond acceptors (Lipinski definition) is 2. The maximum atomic E-state index is 8.64. The van der Waals surface area contributed by atoms with Gasteiger partial charge in [0.1, 0.15) is 0 Å². The van der Waals surface area contributed by atoms with E-state index >= 15 is 0 Å². The fourth-order valence-electron chi connectivity index (χ4n) is 2.57. The summed E-state index contributed by atoms with van der Waals surface area (Å²) in [5.74, 6) is 1.76. The molecule has 0 radical (unpaired) electrons. The Kier molecular flexibility index (Phi) is 5.49. The van der Waals surface area contributed by atoms with Crippen molar-refractivity contribution in [1.29, 1.82) is 0 Å². The normalized spacial score (nSPS) is 30.2. The third kappa shape index (κ3) is 4.43. The number of ether oxygens (including phenoxy) is 1. The van der Waals surface area contributed by atoms with Gasteiger partial charge in [-0.15, -0.1) is 0 Å². The molecule has 1 rings (SSSR count). The molecule has 84 valence electrons. The highest BCUT2D eigenvalue weighted by atomic mass is 16.5. The first-order chi connectivity index (χ1) is 6.72. The molecule has 0 aromatic heterocycles. The summed E-state index contributed by atoms with van der Waals surface area (Å²) >= 11 is 0. The van der Waals surface area contributed by atoms with Crippen molar-refractivity contribution in [3.05, 3.63) is 0 Å². The smallest absolute Gasteiger partial charge is 0.0701 e. The lowest BCUT2D eigenvalue weighted by atomic mass is 9.80. The maximum Gasteiger partial charge on any atom is 0.0701 e. The van der Waals surface area contributed by atoms with Gasteiger partial charge < -0.3 is 9.84 Å². The first kappa shape index (κ1) is 12.0. The number of hydrogen-bond donors (Lipinski definition) is 1. The zero-order valence-electron chi connectivity index (χ0n) is 9.54. The Morgan fingerprint density at radius 3 is 2.86 bits per heavy atom. The predicted molar refractivity (Wildman–Crippen MR) is 58.2 cm³/mol. The molecule has 0 aromatic carbocycles. The summed E-state index contributed by atoms with van der Waals surface area (Å²) in [7, 11) is 0. The highest BCUT2D eigenvalue weighted by Crippen LogP contribution is 2.31. The molecule has 0 amide bonds. The maximum absolute atomic E-state index is 8.64. The third-order valence-corrected chi connectivity index (χ3v) is 3.20. The Hall–Kier alpha value is -0.0800. The fraction of sp³-hybridized carbons (Fsp3) is 1.00. The summed E-state index contributed by atoms with van der Waals surface area (Å²) in [4.78, 5) is 0. The summed E-state index contributed by atoms with van der Waals surface area (Å²) in [6.45, 7) is 5.11. The number of aliphatic hydroxyl groups excluding tert-OH is 1. The number of aliphatic hydroxyl groups is 1. The Balaban J connectivity index is 2.15. The van der Waals surface area contributed by atoms with Gasteiger partial charge in [-0.1, -0.05) is 26.2 Å². The van der Waals surface area contributed by atoms with Crippen LogP contribution in [0.5, 0.6) is 0 Å². The van der Waals surface area contributed by atoms with Gasteiger partial charge in [0, 0.05) is 0 Å². The van der Waals surface area contributed by atoms with E-state index in [1.807, 2.05) is 0 Å². The SMILES string of the molecule is CC1CCCC(CC(C)OCCO)C1. The van der Waals surface area contributed by atoms with Gasteiger partial charge in [-0.3, -0.25) is 0 Å². The minimum absolute atomic E-state index is 0.144. The second kappa shape index (κ2) is 6.41. The molecule has 0 heterocycles. The topological polar surface area (TPSA) is 29.5 Å². The van der Waals surface area contributed by atoms with Gasteiger partial charge in [-0.2, -0.15) is 0 Å². The van der Waals surface area contributed by atoms with Crippen LogP contribution in [0.2, 0.25) is 0 Å². The van der Waals surface area contributed by atoms with E-state index in [9.17, 15) is 0 Å². The van der Waals surface area contributed by atoms with Gasteiger partial charge in [0.15, 0.2) is 0 Å². The van der Waals surface area contributed by atoms with Crippen LogP contribution in [0.1, 0.15) is 46.0 Å². The molecular formula is C12H24O2. The Morgan fingerprint density at radius 2 is 2.21 bits per heavy atom. The monoisotopic (exact) mass is 200 g/mol. The van der Waals surface area contributed by atoms with Gasteiger partial charge in [-0.05, 0) is 31.6 Å². The fourth-order valence-corrected chi connectivity index (χ4v) is 2.57. The van der Waals surface area contributed by atoms with Gasteiger partial charge in [0.05, 0.1) is 19.3 Å². The van der Waals surface area contributed by atoms with Crippen LogP contribution in [-0.4, -0.2) is 24.4 Å². The summed E-state index contributed by atoms with van der Waals surface area (Å²) in [5.41, 5.74) is 0. The van der Waals surface area contributed by atoms with Crippen molar-refractivity contribution in [1.82, 2.24) is 0 Å². The summed E-state index contributed by atoms with van der Waals surface area (Å²) in [5, 5.41) is 8.64. The molecule has 14 heavy (non-hydrogen) atoms. The highest BCUT2D eigenvalue weighted by molar-refractivity contribution is 4.72. The van der Waals surface area contributed by atoms with Crippen LogP contribution < -0.4 is 0 Å². The Bertz CT molecular complexity index is 147. The van der Waals surface area contributed by atoms with E-state index in [1.54, 1.807) is 0 Å². The first-order valence-corrected chi connectivity index (χ1v) is 5.94. The van der Waals surface area contributed by atoms with Crippen molar-refractivity contribution < 1.29 is 9.84 Å². The molecule has 2 nitrogen and oxygen atoms in total. The molecule has 3 unspecified atom stereocenters. The zero-order valence-corrected chi connectivity index (χ0v) is 9.54. The Labute approximate surface area is 87.7 Å². The van der Waals surface area contributed by atoms with Crippen molar-refractivity contribution >= 4 is 0 Å². The molecule has 0 aromatic rings. The van der Waals surface area contributed by atoms with E-state index in [1.165, 1.54) is 32.1 Å². The molecule has 1 saturated carbocycles. The second-order valence-corrected chi connectivity index (χ2v) is 4.78. The molecule has 0 aliphatic heterocycles. The lowest BCUT2D eigenvalue weighted by molar-refractivity contribution is 0.0204. The van der Waals surface area contributed by atoms with Crippen LogP contribution in [0.25, 0.3) is 0 Å². The van der Waals surface area contributed by atoms with Crippen LogP contribution in [0.4, 0.5) is 0 Å². The molecular weight excluding hydrogens is 176 g/mol. The average Bonchev–Trinajstić information content (AvgIpc) is 2.15. The number of rotatable bonds is 5. The van der Waals surface area contributed by atoms with Gasteiger partial charge in [0.25, 0.3) is 0 Å². The molecule has 1 aliphatic rings. The lowest BCUT2D eigenvalue weighted by Crippen LogP contribution is -2.20. The molecule has 0 bridgehead atoms. The van der Waals surface area contributed by atoms with Crippen LogP contribution >= 0.6 is 0 Å². The quantitative estimate of drug-likeness (QED) is 0.739. The van der Waals surface area contributed by atoms with Gasteiger partial charge in [-0.25, -0.2) is 0 Å². The largest absolute Gasteiger partial charge is 0.394 e. The highest BCUT2D eigenvalue weighted by Gasteiger charge is 2.20. The molecule has 2 heteroatoms. The van der Waals surface area contributed by atoms with Gasteiger partial charge in [0.2, 0.25) is 0 Å². The third-order valence-electron chi connectivity index (χ3n) is 3.20. The van der Waals surface area contributed by atoms with Crippen LogP contribution in [0.3, 0.4) is 0 Å². The van der Waals surface area contributed by atoms with Crippen LogP contribution in [-0.2, 0) is 4.74 Å². The molecule has 1 fully saturated rings. The molecule has 3 atom stereocenters. The first-order valence-electron chi connectivity index (χ1n) is 5.94. The van der Waals surface area contributed by atoms with E-state index in [0.29, 0.717) is 12.7 Å². The summed E-state index contributed by atoms with van der Waals surface area (Å²) < 4.78 is 5.48. The summed E-state index contributed by atoms with van der Waals surface area (Å²) in [6, 6.07) is 0. The molecule has 1 aliphatic carbocycles. The van der Waals surface area contributed by atoms with E-state index in [4.69, 9.17) is 9.84 Å². The van der Waals surface area contributed by atoms with E-state index in [-0.39, 0.29) is 6.61 Å². The molecule has 1 N–H and O–H groups in total. The van der Waals surface area contributed by atoms with Crippen molar-refractivity contribution in [2.45, 2.75) is 52.1 Å². The minimum Gasteiger partial charge on any atom is -0.394 e. The van der Waals surface area contributed by atoms with Crippen molar-refractivity contribution in [2.24, 2.45) is 11.8 Å². The lowest BCUT2D eigenvalue weighted by Gasteiger charge is -2.28. The Morgan fingerprint density at radius 1 is 1.43 bits per heavy atom. The molecule has 0 saturated heterocycles. The summed E-state index contributed by atoms with van der Waals surface area (Å²) in [6.07, 6.45) is 7.02. The van der Waals surface area contributed by atoms with Gasteiger partial charge >= 0.3 is 0 Å². The predicted octanol–water partition coefficient (Wildman–Crippen LogP) is 2.60. The van der Waals surface area contributed by atoms with Crippen molar-refractivity contribution in [2.75, 3.05) is 13.2 Å². The van der Waals surface area contributed by atoms with Crippen molar-refractivity contribution in [3.8, 4) is 0 Å².